The topological polar surface area (TPSA) is 24.4 Å². The van der Waals surface area contributed by atoms with Gasteiger partial charge >= 0.3 is 0 Å². The van der Waals surface area contributed by atoms with Crippen LogP contribution in [0.15, 0.2) is 27.7 Å². The summed E-state index contributed by atoms with van der Waals surface area (Å²) in [6, 6.07) is 6.23. The van der Waals surface area contributed by atoms with Crippen LogP contribution in [-0.2, 0) is 0 Å². The van der Waals surface area contributed by atoms with Crippen LogP contribution < -0.4 is 5.32 Å². The van der Waals surface area contributed by atoms with Crippen molar-refractivity contribution in [3.8, 4) is 0 Å². The molecule has 0 bridgehead atoms. The largest absolute Gasteiger partial charge is 0.335 e. The molecule has 2 rings (SSSR count). The van der Waals surface area contributed by atoms with Crippen LogP contribution in [0.1, 0.15) is 12.5 Å². The number of hydrogen-bond donors (Lipinski definition) is 1. The van der Waals surface area contributed by atoms with E-state index in [-0.39, 0.29) is 0 Å². The van der Waals surface area contributed by atoms with E-state index < -0.39 is 0 Å². The Hall–Kier alpha value is -0.480. The average Bonchev–Trinajstić information content (AvgIpc) is 2.58. The normalized spacial score (nSPS) is 20.2. The van der Waals surface area contributed by atoms with Crippen LogP contribution in [0.3, 0.4) is 0 Å². The van der Waals surface area contributed by atoms with Crippen LogP contribution in [-0.4, -0.2) is 17.0 Å². The summed E-state index contributed by atoms with van der Waals surface area (Å²) < 4.78 is 1.09. The van der Waals surface area contributed by atoms with E-state index in [1.54, 1.807) is 11.8 Å². The summed E-state index contributed by atoms with van der Waals surface area (Å²) >= 11 is 5.27. The highest BCUT2D eigenvalue weighted by molar-refractivity contribution is 9.10. The number of thioether (sulfide) groups is 1. The molecule has 0 spiro atoms. The van der Waals surface area contributed by atoms with Crippen LogP contribution in [0, 0.1) is 6.92 Å². The zero-order chi connectivity index (χ0) is 10.8. The summed E-state index contributed by atoms with van der Waals surface area (Å²) in [5.74, 6) is 0. The SMILES string of the molecule is Cc1ccc(Br)cc1NC1=NCC(C)S1. The molecule has 1 aromatic carbocycles. The van der Waals surface area contributed by atoms with Crippen molar-refractivity contribution in [3.63, 3.8) is 0 Å². The number of hydrogen-bond acceptors (Lipinski definition) is 3. The zero-order valence-corrected chi connectivity index (χ0v) is 11.2. The highest BCUT2D eigenvalue weighted by Gasteiger charge is 2.15. The molecule has 1 unspecified atom stereocenters. The van der Waals surface area contributed by atoms with Crippen molar-refractivity contribution in [1.82, 2.24) is 0 Å². The minimum atomic E-state index is 0.597. The Kier molecular flexibility index (Phi) is 3.36. The van der Waals surface area contributed by atoms with Crippen molar-refractivity contribution in [2.24, 2.45) is 4.99 Å². The van der Waals surface area contributed by atoms with Gasteiger partial charge in [0.05, 0.1) is 6.54 Å². The van der Waals surface area contributed by atoms with Gasteiger partial charge in [0.15, 0.2) is 5.17 Å². The number of aliphatic imine (C=N–C) groups is 1. The van der Waals surface area contributed by atoms with Crippen LogP contribution >= 0.6 is 27.7 Å². The highest BCUT2D eigenvalue weighted by Crippen LogP contribution is 2.25. The van der Waals surface area contributed by atoms with E-state index in [0.29, 0.717) is 5.25 Å². The third-order valence-corrected chi connectivity index (χ3v) is 3.75. The van der Waals surface area contributed by atoms with Gasteiger partial charge < -0.3 is 5.32 Å². The molecule has 0 saturated heterocycles. The van der Waals surface area contributed by atoms with Gasteiger partial charge in [0.2, 0.25) is 0 Å². The van der Waals surface area contributed by atoms with Crippen molar-refractivity contribution < 1.29 is 0 Å². The maximum atomic E-state index is 4.44. The standard InChI is InChI=1S/C11H13BrN2S/c1-7-3-4-9(12)5-10(7)14-11-13-6-8(2)15-11/h3-5,8H,6H2,1-2H3,(H,13,14). The third kappa shape index (κ3) is 2.75. The Morgan fingerprint density at radius 1 is 1.53 bits per heavy atom. The lowest BCUT2D eigenvalue weighted by molar-refractivity contribution is 0.976. The molecule has 80 valence electrons. The first kappa shape index (κ1) is 11.0. The van der Waals surface area contributed by atoms with E-state index in [1.165, 1.54) is 5.56 Å². The summed E-state index contributed by atoms with van der Waals surface area (Å²) in [7, 11) is 0. The molecule has 1 atom stereocenters. The number of anilines is 1. The molecular weight excluding hydrogens is 272 g/mol. The molecular formula is C11H13BrN2S. The summed E-state index contributed by atoms with van der Waals surface area (Å²) in [6.07, 6.45) is 0. The van der Waals surface area contributed by atoms with Gasteiger partial charge in [-0.05, 0) is 24.6 Å². The van der Waals surface area contributed by atoms with Crippen molar-refractivity contribution in [2.75, 3.05) is 11.9 Å². The number of halogens is 1. The van der Waals surface area contributed by atoms with Crippen molar-refractivity contribution in [2.45, 2.75) is 19.1 Å². The third-order valence-electron chi connectivity index (χ3n) is 2.25. The lowest BCUT2D eigenvalue weighted by Crippen LogP contribution is -2.07. The van der Waals surface area contributed by atoms with E-state index in [2.05, 4.69) is 52.2 Å². The number of rotatable bonds is 1. The van der Waals surface area contributed by atoms with Crippen LogP contribution in [0.5, 0.6) is 0 Å². The zero-order valence-electron chi connectivity index (χ0n) is 8.75. The van der Waals surface area contributed by atoms with Gasteiger partial charge in [-0.15, -0.1) is 0 Å². The lowest BCUT2D eigenvalue weighted by Gasteiger charge is -2.09. The Balaban J connectivity index is 2.14. The van der Waals surface area contributed by atoms with Crippen molar-refractivity contribution in [1.29, 1.82) is 0 Å². The van der Waals surface area contributed by atoms with E-state index >= 15 is 0 Å². The smallest absolute Gasteiger partial charge is 0.161 e. The second-order valence-electron chi connectivity index (χ2n) is 3.66. The first-order chi connectivity index (χ1) is 7.15. The van der Waals surface area contributed by atoms with E-state index in [1.807, 2.05) is 6.07 Å². The lowest BCUT2D eigenvalue weighted by atomic mass is 10.2. The molecule has 0 amide bonds. The second-order valence-corrected chi connectivity index (χ2v) is 6.00. The van der Waals surface area contributed by atoms with Crippen molar-refractivity contribution in [3.05, 3.63) is 28.2 Å². The number of benzene rings is 1. The van der Waals surface area contributed by atoms with E-state index in [4.69, 9.17) is 0 Å². The molecule has 1 N–H and O–H groups in total. The Morgan fingerprint density at radius 3 is 3.00 bits per heavy atom. The van der Waals surface area contributed by atoms with Gasteiger partial charge in [0.1, 0.15) is 0 Å². The van der Waals surface area contributed by atoms with Crippen LogP contribution in [0.4, 0.5) is 5.69 Å². The summed E-state index contributed by atoms with van der Waals surface area (Å²) in [4.78, 5) is 4.44. The van der Waals surface area contributed by atoms with Gasteiger partial charge in [-0.1, -0.05) is 40.7 Å². The van der Waals surface area contributed by atoms with Crippen LogP contribution in [0.2, 0.25) is 0 Å². The highest BCUT2D eigenvalue weighted by atomic mass is 79.9. The Morgan fingerprint density at radius 2 is 2.33 bits per heavy atom. The number of nitrogens with zero attached hydrogens (tertiary/aromatic N) is 1. The molecule has 4 heteroatoms. The number of nitrogens with one attached hydrogen (secondary N) is 1. The molecule has 0 aromatic heterocycles. The fourth-order valence-corrected chi connectivity index (χ4v) is 2.60. The van der Waals surface area contributed by atoms with E-state index in [9.17, 15) is 0 Å². The number of amidine groups is 1. The number of aryl methyl sites for hydroxylation is 1. The monoisotopic (exact) mass is 284 g/mol. The quantitative estimate of drug-likeness (QED) is 0.851. The van der Waals surface area contributed by atoms with Crippen LogP contribution in [0.25, 0.3) is 0 Å². The molecule has 0 aliphatic carbocycles. The fraction of sp³-hybridized carbons (Fsp3) is 0.364. The molecule has 0 radical (unpaired) electrons. The average molecular weight is 285 g/mol. The maximum absolute atomic E-state index is 4.44. The molecule has 1 heterocycles. The molecule has 1 aliphatic heterocycles. The van der Waals surface area contributed by atoms with Gasteiger partial charge in [-0.25, -0.2) is 0 Å². The van der Waals surface area contributed by atoms with E-state index in [0.717, 1.165) is 21.9 Å². The molecule has 15 heavy (non-hydrogen) atoms. The minimum Gasteiger partial charge on any atom is -0.335 e. The second kappa shape index (κ2) is 4.58. The van der Waals surface area contributed by atoms with Gasteiger partial charge in [0, 0.05) is 15.4 Å². The fourth-order valence-electron chi connectivity index (χ4n) is 1.39. The Bertz CT molecular complexity index is 404. The molecule has 2 nitrogen and oxygen atoms in total. The molecule has 1 aromatic rings. The molecule has 1 aliphatic rings. The summed E-state index contributed by atoms with van der Waals surface area (Å²) in [5, 5.41) is 4.99. The van der Waals surface area contributed by atoms with Gasteiger partial charge in [-0.3, -0.25) is 4.99 Å². The predicted molar refractivity (Wildman–Crippen MR) is 71.9 cm³/mol. The first-order valence-corrected chi connectivity index (χ1v) is 6.56. The summed E-state index contributed by atoms with van der Waals surface area (Å²) in [6.45, 7) is 5.20. The molecule has 0 fully saturated rings. The molecule has 0 saturated carbocycles. The summed E-state index contributed by atoms with van der Waals surface area (Å²) in [5.41, 5.74) is 2.37. The van der Waals surface area contributed by atoms with Gasteiger partial charge in [0.25, 0.3) is 0 Å². The Labute approximate surface area is 103 Å². The minimum absolute atomic E-state index is 0.597. The maximum Gasteiger partial charge on any atom is 0.161 e. The predicted octanol–water partition coefficient (Wildman–Crippen LogP) is 3.66. The van der Waals surface area contributed by atoms with Gasteiger partial charge in [-0.2, -0.15) is 0 Å². The first-order valence-electron chi connectivity index (χ1n) is 4.89. The van der Waals surface area contributed by atoms with Crippen molar-refractivity contribution >= 4 is 38.5 Å².